The molecule has 0 radical (unpaired) electrons. The predicted octanol–water partition coefficient (Wildman–Crippen LogP) is 1.31. The summed E-state index contributed by atoms with van der Waals surface area (Å²) >= 11 is 0. The molecule has 2 rings (SSSR count). The molecular weight excluding hydrogens is 256 g/mol. The van der Waals surface area contributed by atoms with E-state index in [0.717, 1.165) is 16.3 Å². The first-order valence-corrected chi connectivity index (χ1v) is 6.36. The third-order valence-electron chi connectivity index (χ3n) is 3.29. The fourth-order valence-electron chi connectivity index (χ4n) is 2.34. The molecule has 0 aromatic heterocycles. The quantitative estimate of drug-likeness (QED) is 0.769. The lowest BCUT2D eigenvalue weighted by molar-refractivity contribution is -0.306. The van der Waals surface area contributed by atoms with Gasteiger partial charge in [-0.1, -0.05) is 42.5 Å². The van der Waals surface area contributed by atoms with Gasteiger partial charge in [-0.15, -0.1) is 0 Å². The number of rotatable bonds is 5. The summed E-state index contributed by atoms with van der Waals surface area (Å²) in [6.45, 7) is 0. The van der Waals surface area contributed by atoms with E-state index in [2.05, 4.69) is 4.74 Å². The molecule has 2 aromatic carbocycles. The number of hydrogen-bond donors (Lipinski definition) is 0. The van der Waals surface area contributed by atoms with Gasteiger partial charge in [0.1, 0.15) is 0 Å². The maximum absolute atomic E-state index is 11.7. The number of hydrogen-bond acceptors (Lipinski definition) is 4. The average Bonchev–Trinajstić information content (AvgIpc) is 2.45. The van der Waals surface area contributed by atoms with Crippen molar-refractivity contribution in [3.05, 3.63) is 48.0 Å². The standard InChI is InChI=1S/C16H16O4/c1-20-16(19)13(10-15(17)18)9-12-7-4-6-11-5-2-3-8-14(11)12/h2-8,13H,9-10H2,1H3,(H,17,18)/p-1/t13-/m0/s1. The van der Waals surface area contributed by atoms with E-state index in [1.165, 1.54) is 7.11 Å². The van der Waals surface area contributed by atoms with Gasteiger partial charge in [0.25, 0.3) is 0 Å². The van der Waals surface area contributed by atoms with Gasteiger partial charge in [0, 0.05) is 12.4 Å². The second kappa shape index (κ2) is 6.19. The van der Waals surface area contributed by atoms with Crippen LogP contribution in [0.2, 0.25) is 0 Å². The minimum atomic E-state index is -1.25. The summed E-state index contributed by atoms with van der Waals surface area (Å²) in [4.78, 5) is 22.4. The van der Waals surface area contributed by atoms with Crippen LogP contribution in [0, 0.1) is 5.92 Å². The van der Waals surface area contributed by atoms with Gasteiger partial charge in [0.15, 0.2) is 0 Å². The molecule has 20 heavy (non-hydrogen) atoms. The second-order valence-electron chi connectivity index (χ2n) is 4.64. The van der Waals surface area contributed by atoms with Crippen molar-refractivity contribution < 1.29 is 19.4 Å². The fraction of sp³-hybridized carbons (Fsp3) is 0.250. The lowest BCUT2D eigenvalue weighted by atomic mass is 9.93. The van der Waals surface area contributed by atoms with Gasteiger partial charge in [0.2, 0.25) is 0 Å². The zero-order valence-electron chi connectivity index (χ0n) is 11.2. The molecule has 0 bridgehead atoms. The van der Waals surface area contributed by atoms with Crippen LogP contribution in [0.25, 0.3) is 10.8 Å². The van der Waals surface area contributed by atoms with Crippen LogP contribution in [0.4, 0.5) is 0 Å². The van der Waals surface area contributed by atoms with Crippen LogP contribution < -0.4 is 5.11 Å². The third-order valence-corrected chi connectivity index (χ3v) is 3.29. The van der Waals surface area contributed by atoms with Crippen molar-refractivity contribution in [3.63, 3.8) is 0 Å². The molecule has 0 aliphatic rings. The fourth-order valence-corrected chi connectivity index (χ4v) is 2.34. The molecule has 1 atom stereocenters. The number of carbonyl (C=O) groups is 2. The van der Waals surface area contributed by atoms with Crippen molar-refractivity contribution in [1.82, 2.24) is 0 Å². The van der Waals surface area contributed by atoms with Crippen molar-refractivity contribution in [1.29, 1.82) is 0 Å². The van der Waals surface area contributed by atoms with E-state index < -0.39 is 17.9 Å². The number of esters is 1. The number of ether oxygens (including phenoxy) is 1. The molecule has 0 aliphatic heterocycles. The maximum atomic E-state index is 11.7. The Morgan fingerprint density at radius 2 is 1.85 bits per heavy atom. The SMILES string of the molecule is COC(=O)[C@H](CC(=O)[O-])Cc1cccc2ccccc12. The molecular formula is C16H15O4-. The van der Waals surface area contributed by atoms with Crippen molar-refractivity contribution in [2.45, 2.75) is 12.8 Å². The van der Waals surface area contributed by atoms with E-state index in [0.29, 0.717) is 6.42 Å². The minimum absolute atomic E-state index is 0.321. The monoisotopic (exact) mass is 271 g/mol. The Kier molecular flexibility index (Phi) is 4.35. The zero-order valence-corrected chi connectivity index (χ0v) is 11.2. The highest BCUT2D eigenvalue weighted by Crippen LogP contribution is 2.22. The summed E-state index contributed by atoms with van der Waals surface area (Å²) in [5.74, 6) is -2.50. The lowest BCUT2D eigenvalue weighted by Crippen LogP contribution is -2.30. The predicted molar refractivity (Wildman–Crippen MR) is 72.8 cm³/mol. The van der Waals surface area contributed by atoms with Gasteiger partial charge in [-0.3, -0.25) is 4.79 Å². The van der Waals surface area contributed by atoms with E-state index in [1.54, 1.807) is 0 Å². The van der Waals surface area contributed by atoms with Crippen LogP contribution in [0.1, 0.15) is 12.0 Å². The first-order chi connectivity index (χ1) is 9.61. The van der Waals surface area contributed by atoms with E-state index in [9.17, 15) is 14.7 Å². The molecule has 0 unspecified atom stereocenters. The van der Waals surface area contributed by atoms with Gasteiger partial charge in [0.05, 0.1) is 13.0 Å². The summed E-state index contributed by atoms with van der Waals surface area (Å²) in [7, 11) is 1.26. The van der Waals surface area contributed by atoms with Gasteiger partial charge in [-0.05, 0) is 22.8 Å². The van der Waals surface area contributed by atoms with Crippen LogP contribution in [0.15, 0.2) is 42.5 Å². The van der Waals surface area contributed by atoms with E-state index >= 15 is 0 Å². The van der Waals surface area contributed by atoms with Gasteiger partial charge >= 0.3 is 5.97 Å². The van der Waals surface area contributed by atoms with Crippen LogP contribution >= 0.6 is 0 Å². The molecule has 0 saturated heterocycles. The molecule has 104 valence electrons. The van der Waals surface area contributed by atoms with E-state index in [4.69, 9.17) is 0 Å². The second-order valence-corrected chi connectivity index (χ2v) is 4.64. The first-order valence-electron chi connectivity index (χ1n) is 6.36. The highest BCUT2D eigenvalue weighted by Gasteiger charge is 2.20. The summed E-state index contributed by atoms with van der Waals surface area (Å²) in [5, 5.41) is 12.8. The summed E-state index contributed by atoms with van der Waals surface area (Å²) in [6, 6.07) is 13.6. The van der Waals surface area contributed by atoms with Crippen molar-refractivity contribution in [2.75, 3.05) is 7.11 Å². The Balaban J connectivity index is 2.33. The Morgan fingerprint density at radius 1 is 1.15 bits per heavy atom. The summed E-state index contributed by atoms with van der Waals surface area (Å²) in [6.07, 6.45) is -0.0160. The maximum Gasteiger partial charge on any atom is 0.309 e. The molecule has 0 fully saturated rings. The topological polar surface area (TPSA) is 66.4 Å². The normalized spacial score (nSPS) is 12.1. The Labute approximate surface area is 117 Å². The van der Waals surface area contributed by atoms with Crippen molar-refractivity contribution >= 4 is 22.7 Å². The van der Waals surface area contributed by atoms with Gasteiger partial charge in [-0.2, -0.15) is 0 Å². The molecule has 0 spiro atoms. The number of benzene rings is 2. The number of methoxy groups -OCH3 is 1. The number of fused-ring (bicyclic) bond motifs is 1. The Morgan fingerprint density at radius 3 is 2.55 bits per heavy atom. The summed E-state index contributed by atoms with van der Waals surface area (Å²) in [5.41, 5.74) is 0.930. The van der Waals surface area contributed by atoms with Crippen LogP contribution in [0.5, 0.6) is 0 Å². The average molecular weight is 271 g/mol. The largest absolute Gasteiger partial charge is 0.550 e. The molecule has 2 aromatic rings. The molecule has 0 N–H and O–H groups in total. The molecule has 0 saturated carbocycles. The number of carboxylic acids is 1. The lowest BCUT2D eigenvalue weighted by Gasteiger charge is -2.16. The highest BCUT2D eigenvalue weighted by molar-refractivity contribution is 5.86. The zero-order chi connectivity index (χ0) is 14.5. The molecule has 4 nitrogen and oxygen atoms in total. The van der Waals surface area contributed by atoms with Gasteiger partial charge in [-0.25, -0.2) is 0 Å². The number of carboxylic acid groups (broad SMARTS) is 1. The summed E-state index contributed by atoms with van der Waals surface area (Å²) < 4.78 is 4.67. The Bertz CT molecular complexity index is 628. The van der Waals surface area contributed by atoms with Crippen molar-refractivity contribution in [3.8, 4) is 0 Å². The van der Waals surface area contributed by atoms with Crippen LogP contribution in [-0.4, -0.2) is 19.0 Å². The molecule has 0 aliphatic carbocycles. The molecule has 0 heterocycles. The smallest absolute Gasteiger partial charge is 0.309 e. The molecule has 0 amide bonds. The highest BCUT2D eigenvalue weighted by atomic mass is 16.5. The van der Waals surface area contributed by atoms with Gasteiger partial charge < -0.3 is 14.6 Å². The van der Waals surface area contributed by atoms with Crippen molar-refractivity contribution in [2.24, 2.45) is 5.92 Å². The molecule has 4 heteroatoms. The number of carbonyl (C=O) groups excluding carboxylic acids is 2. The van der Waals surface area contributed by atoms with E-state index in [1.807, 2.05) is 42.5 Å². The van der Waals surface area contributed by atoms with Crippen LogP contribution in [0.3, 0.4) is 0 Å². The van der Waals surface area contributed by atoms with E-state index in [-0.39, 0.29) is 6.42 Å². The first kappa shape index (κ1) is 14.1. The Hall–Kier alpha value is -2.36. The minimum Gasteiger partial charge on any atom is -0.550 e. The van der Waals surface area contributed by atoms with Crippen LogP contribution in [-0.2, 0) is 20.7 Å². The third kappa shape index (κ3) is 3.15. The number of aliphatic carboxylic acids is 1.